The van der Waals surface area contributed by atoms with Crippen LogP contribution in [0.2, 0.25) is 0 Å². The molecule has 1 rings (SSSR count). The molecule has 1 aromatic carbocycles. The molecule has 0 spiro atoms. The predicted octanol–water partition coefficient (Wildman–Crippen LogP) is 4.68. The van der Waals surface area contributed by atoms with Gasteiger partial charge in [-0.05, 0) is 30.5 Å². The molecular formula is C18H25N. The first-order chi connectivity index (χ1) is 9.07. The molecule has 0 bridgehead atoms. The van der Waals surface area contributed by atoms with E-state index in [1.54, 1.807) is 0 Å². The smallest absolute Gasteiger partial charge is 0.0166 e. The van der Waals surface area contributed by atoms with Crippen LogP contribution < -0.4 is 5.32 Å². The Balaban J connectivity index is 3.36. The van der Waals surface area contributed by atoms with Gasteiger partial charge >= 0.3 is 0 Å². The topological polar surface area (TPSA) is 12.0 Å². The summed E-state index contributed by atoms with van der Waals surface area (Å²) >= 11 is 0. The van der Waals surface area contributed by atoms with Crippen molar-refractivity contribution >= 4 is 6.08 Å². The van der Waals surface area contributed by atoms with E-state index in [4.69, 9.17) is 0 Å². The van der Waals surface area contributed by atoms with Crippen molar-refractivity contribution in [3.8, 4) is 0 Å². The Morgan fingerprint density at radius 1 is 1.11 bits per heavy atom. The lowest BCUT2D eigenvalue weighted by molar-refractivity contribution is 0.632. The maximum absolute atomic E-state index is 3.15. The number of allylic oxidation sites excluding steroid dienone is 4. The molecule has 0 heterocycles. The van der Waals surface area contributed by atoms with Crippen LogP contribution in [0.15, 0.2) is 54.3 Å². The van der Waals surface area contributed by atoms with E-state index in [2.05, 4.69) is 87.8 Å². The average Bonchev–Trinajstić information content (AvgIpc) is 2.39. The van der Waals surface area contributed by atoms with Gasteiger partial charge in [0.2, 0.25) is 0 Å². The molecule has 0 saturated carbocycles. The maximum atomic E-state index is 3.15. The molecule has 0 aliphatic heterocycles. The second-order valence-corrected chi connectivity index (χ2v) is 5.10. The van der Waals surface area contributed by atoms with Gasteiger partial charge in [0.25, 0.3) is 0 Å². The lowest BCUT2D eigenvalue weighted by Crippen LogP contribution is -2.22. The van der Waals surface area contributed by atoms with E-state index in [0.29, 0.717) is 0 Å². The first-order valence-corrected chi connectivity index (χ1v) is 6.80. The van der Waals surface area contributed by atoms with Crippen molar-refractivity contribution in [1.82, 2.24) is 5.32 Å². The fourth-order valence-electron chi connectivity index (χ4n) is 2.32. The highest BCUT2D eigenvalue weighted by atomic mass is 14.8. The molecule has 0 amide bonds. The Bertz CT molecular complexity index is 490. The molecular weight excluding hydrogens is 230 g/mol. The van der Waals surface area contributed by atoms with Gasteiger partial charge in [0.05, 0.1) is 0 Å². The molecule has 1 aromatic rings. The van der Waals surface area contributed by atoms with Gasteiger partial charge in [-0.1, -0.05) is 62.4 Å². The molecule has 0 fully saturated rings. The average molecular weight is 255 g/mol. The van der Waals surface area contributed by atoms with Gasteiger partial charge in [0.1, 0.15) is 0 Å². The summed E-state index contributed by atoms with van der Waals surface area (Å²) in [5, 5.41) is 3.15. The van der Waals surface area contributed by atoms with Crippen LogP contribution in [-0.4, -0.2) is 7.05 Å². The summed E-state index contributed by atoms with van der Waals surface area (Å²) in [5.74, 6) is 0. The molecule has 0 saturated heterocycles. The van der Waals surface area contributed by atoms with Gasteiger partial charge < -0.3 is 5.32 Å². The Kier molecular flexibility index (Phi) is 5.62. The van der Waals surface area contributed by atoms with Crippen LogP contribution in [0, 0.1) is 0 Å². The number of rotatable bonds is 5. The molecule has 19 heavy (non-hydrogen) atoms. The van der Waals surface area contributed by atoms with Crippen LogP contribution in [0.5, 0.6) is 0 Å². The van der Waals surface area contributed by atoms with E-state index < -0.39 is 0 Å². The van der Waals surface area contributed by atoms with E-state index in [1.165, 1.54) is 16.7 Å². The summed E-state index contributed by atoms with van der Waals surface area (Å²) in [6.45, 7) is 8.63. The zero-order valence-corrected chi connectivity index (χ0v) is 12.7. The van der Waals surface area contributed by atoms with Crippen LogP contribution in [-0.2, 0) is 5.41 Å². The van der Waals surface area contributed by atoms with Gasteiger partial charge in [-0.25, -0.2) is 0 Å². The molecule has 0 aromatic heterocycles. The van der Waals surface area contributed by atoms with Crippen LogP contribution in [0.4, 0.5) is 0 Å². The Morgan fingerprint density at radius 2 is 1.79 bits per heavy atom. The van der Waals surface area contributed by atoms with E-state index >= 15 is 0 Å². The Labute approximate surface area is 117 Å². The van der Waals surface area contributed by atoms with E-state index in [0.717, 1.165) is 0 Å². The quantitative estimate of drug-likeness (QED) is 0.753. The van der Waals surface area contributed by atoms with Crippen LogP contribution >= 0.6 is 0 Å². The van der Waals surface area contributed by atoms with Crippen molar-refractivity contribution in [2.24, 2.45) is 0 Å². The maximum Gasteiger partial charge on any atom is 0.0166 e. The molecule has 0 atom stereocenters. The molecule has 1 nitrogen and oxygen atoms in total. The predicted molar refractivity (Wildman–Crippen MR) is 86.1 cm³/mol. The highest BCUT2D eigenvalue weighted by molar-refractivity contribution is 5.58. The SMILES string of the molecule is C/C=C\C(=C\NC)C(C)(C)c1ccccc1/C=C\C. The summed E-state index contributed by atoms with van der Waals surface area (Å²) in [7, 11) is 1.94. The monoisotopic (exact) mass is 255 g/mol. The molecule has 0 aliphatic carbocycles. The lowest BCUT2D eigenvalue weighted by Gasteiger charge is -2.29. The largest absolute Gasteiger partial charge is 0.394 e. The third-order valence-electron chi connectivity index (χ3n) is 3.35. The summed E-state index contributed by atoms with van der Waals surface area (Å²) < 4.78 is 0. The summed E-state index contributed by atoms with van der Waals surface area (Å²) in [4.78, 5) is 0. The van der Waals surface area contributed by atoms with Gasteiger partial charge in [0.15, 0.2) is 0 Å². The molecule has 1 N–H and O–H groups in total. The van der Waals surface area contributed by atoms with E-state index in [9.17, 15) is 0 Å². The van der Waals surface area contributed by atoms with E-state index in [1.807, 2.05) is 7.05 Å². The van der Waals surface area contributed by atoms with E-state index in [-0.39, 0.29) is 5.41 Å². The van der Waals surface area contributed by atoms with Crippen LogP contribution in [0.25, 0.3) is 6.08 Å². The normalized spacial score (nSPS) is 13.4. The van der Waals surface area contributed by atoms with Gasteiger partial charge in [0, 0.05) is 18.7 Å². The molecule has 0 radical (unpaired) electrons. The number of hydrogen-bond acceptors (Lipinski definition) is 1. The third kappa shape index (κ3) is 3.60. The molecule has 1 heteroatoms. The number of benzene rings is 1. The highest BCUT2D eigenvalue weighted by Crippen LogP contribution is 2.34. The Hall–Kier alpha value is -1.76. The second kappa shape index (κ2) is 6.98. The van der Waals surface area contributed by atoms with Crippen LogP contribution in [0.1, 0.15) is 38.8 Å². The highest BCUT2D eigenvalue weighted by Gasteiger charge is 2.25. The van der Waals surface area contributed by atoms with Crippen molar-refractivity contribution < 1.29 is 0 Å². The van der Waals surface area contributed by atoms with Gasteiger partial charge in [-0.15, -0.1) is 0 Å². The fraction of sp³-hybridized carbons (Fsp3) is 0.333. The fourth-order valence-corrected chi connectivity index (χ4v) is 2.32. The zero-order chi connectivity index (χ0) is 14.3. The van der Waals surface area contributed by atoms with Crippen molar-refractivity contribution in [2.45, 2.75) is 33.1 Å². The second-order valence-electron chi connectivity index (χ2n) is 5.10. The zero-order valence-electron chi connectivity index (χ0n) is 12.7. The molecule has 102 valence electrons. The van der Waals surface area contributed by atoms with Crippen molar-refractivity contribution in [2.75, 3.05) is 7.05 Å². The summed E-state index contributed by atoms with van der Waals surface area (Å²) in [5.41, 5.74) is 3.86. The lowest BCUT2D eigenvalue weighted by atomic mass is 9.75. The minimum Gasteiger partial charge on any atom is -0.394 e. The molecule has 0 aliphatic rings. The molecule has 0 unspecified atom stereocenters. The standard InChI is InChI=1S/C18H25N/c1-6-10-15-12-8-9-13-17(15)18(3,4)16(11-7-2)14-19-5/h6-14,19H,1-5H3/b10-6-,11-7-,16-14-. The first kappa shape index (κ1) is 15.3. The van der Waals surface area contributed by atoms with Crippen molar-refractivity contribution in [3.05, 3.63) is 65.4 Å². The Morgan fingerprint density at radius 3 is 2.37 bits per heavy atom. The van der Waals surface area contributed by atoms with Crippen LogP contribution in [0.3, 0.4) is 0 Å². The van der Waals surface area contributed by atoms with Gasteiger partial charge in [-0.2, -0.15) is 0 Å². The van der Waals surface area contributed by atoms with Crippen molar-refractivity contribution in [1.29, 1.82) is 0 Å². The number of nitrogens with one attached hydrogen (secondary N) is 1. The summed E-state index contributed by atoms with van der Waals surface area (Å²) in [6.07, 6.45) is 10.6. The minimum absolute atomic E-state index is 0.0361. The third-order valence-corrected chi connectivity index (χ3v) is 3.35. The van der Waals surface area contributed by atoms with Gasteiger partial charge in [-0.3, -0.25) is 0 Å². The minimum atomic E-state index is -0.0361. The first-order valence-electron chi connectivity index (χ1n) is 6.80. The van der Waals surface area contributed by atoms with Crippen molar-refractivity contribution in [3.63, 3.8) is 0 Å². The summed E-state index contributed by atoms with van der Waals surface area (Å²) in [6, 6.07) is 8.58. The number of hydrogen-bond donors (Lipinski definition) is 1.